The highest BCUT2D eigenvalue weighted by atomic mass is 32.1. The van der Waals surface area contributed by atoms with Gasteiger partial charge in [0.15, 0.2) is 0 Å². The lowest BCUT2D eigenvalue weighted by Gasteiger charge is -2.12. The Morgan fingerprint density at radius 3 is 2.83 bits per heavy atom. The van der Waals surface area contributed by atoms with Gasteiger partial charge in [-0.3, -0.25) is 4.79 Å². The second-order valence-corrected chi connectivity index (χ2v) is 6.32. The fourth-order valence-electron chi connectivity index (χ4n) is 2.60. The van der Waals surface area contributed by atoms with Crippen LogP contribution in [0.2, 0.25) is 0 Å². The Kier molecular flexibility index (Phi) is 4.44. The average Bonchev–Trinajstić information content (AvgIpc) is 3.01. The molecule has 0 spiro atoms. The van der Waals surface area contributed by atoms with Gasteiger partial charge < -0.3 is 4.74 Å². The molecule has 0 aromatic carbocycles. The molecule has 2 rings (SSSR count). The van der Waals surface area contributed by atoms with Gasteiger partial charge in [-0.25, -0.2) is 0 Å². The number of thiophene rings is 1. The van der Waals surface area contributed by atoms with Crippen molar-refractivity contribution in [1.82, 2.24) is 0 Å². The van der Waals surface area contributed by atoms with Crippen LogP contribution >= 0.6 is 11.3 Å². The van der Waals surface area contributed by atoms with Gasteiger partial charge in [0, 0.05) is 9.75 Å². The summed E-state index contributed by atoms with van der Waals surface area (Å²) in [5.74, 6) is 1.33. The van der Waals surface area contributed by atoms with Gasteiger partial charge in [-0.05, 0) is 49.7 Å². The average molecular weight is 266 g/mol. The molecule has 0 N–H and O–H groups in total. The van der Waals surface area contributed by atoms with Gasteiger partial charge in [0.1, 0.15) is 0 Å². The summed E-state index contributed by atoms with van der Waals surface area (Å²) in [6.45, 7) is 4.44. The third-order valence-electron chi connectivity index (χ3n) is 3.94. The number of rotatable bonds is 6. The predicted octanol–water partition coefficient (Wildman–Crippen LogP) is 4.00. The number of carbonyl (C=O) groups excluding carboxylic acids is 1. The molecule has 1 fully saturated rings. The number of hydrogen-bond acceptors (Lipinski definition) is 3. The molecule has 1 heterocycles. The van der Waals surface area contributed by atoms with E-state index in [1.165, 1.54) is 16.9 Å². The van der Waals surface area contributed by atoms with Gasteiger partial charge in [0.2, 0.25) is 0 Å². The highest BCUT2D eigenvalue weighted by molar-refractivity contribution is 7.12. The van der Waals surface area contributed by atoms with E-state index in [-0.39, 0.29) is 11.9 Å². The van der Waals surface area contributed by atoms with Crippen LogP contribution in [0.1, 0.15) is 48.8 Å². The van der Waals surface area contributed by atoms with Crippen LogP contribution in [0.15, 0.2) is 12.1 Å². The number of esters is 1. The third-order valence-corrected chi connectivity index (χ3v) is 5.33. The quantitative estimate of drug-likeness (QED) is 0.727. The van der Waals surface area contributed by atoms with E-state index in [1.807, 2.05) is 11.3 Å². The first-order chi connectivity index (χ1) is 8.69. The lowest BCUT2D eigenvalue weighted by Crippen LogP contribution is -2.06. The fraction of sp³-hybridized carbons (Fsp3) is 0.667. The van der Waals surface area contributed by atoms with Crippen LogP contribution in [0.5, 0.6) is 0 Å². The Labute approximate surface area is 113 Å². The Bertz CT molecular complexity index is 410. The van der Waals surface area contributed by atoms with Gasteiger partial charge >= 0.3 is 5.97 Å². The van der Waals surface area contributed by atoms with E-state index in [9.17, 15) is 4.79 Å². The molecule has 1 saturated carbocycles. The lowest BCUT2D eigenvalue weighted by molar-refractivity contribution is -0.142. The number of hydrogen-bond donors (Lipinski definition) is 0. The highest BCUT2D eigenvalue weighted by Crippen LogP contribution is 2.47. The molecule has 0 bridgehead atoms. The van der Waals surface area contributed by atoms with Gasteiger partial charge in [0.05, 0.1) is 13.0 Å². The SMILES string of the molecule is CCc1ccc(C(CC)CC2CC2C(=O)OC)s1. The molecule has 18 heavy (non-hydrogen) atoms. The van der Waals surface area contributed by atoms with E-state index in [4.69, 9.17) is 4.74 Å². The Hall–Kier alpha value is -0.830. The number of methoxy groups -OCH3 is 1. The molecule has 3 atom stereocenters. The molecule has 100 valence electrons. The van der Waals surface area contributed by atoms with Crippen molar-refractivity contribution in [1.29, 1.82) is 0 Å². The summed E-state index contributed by atoms with van der Waals surface area (Å²) >= 11 is 1.93. The molecule has 1 aliphatic carbocycles. The molecular formula is C15H22O2S. The summed E-state index contributed by atoms with van der Waals surface area (Å²) in [6, 6.07) is 4.51. The highest BCUT2D eigenvalue weighted by Gasteiger charge is 2.44. The van der Waals surface area contributed by atoms with Crippen LogP contribution in [0.3, 0.4) is 0 Å². The zero-order chi connectivity index (χ0) is 13.1. The third kappa shape index (κ3) is 2.94. The molecule has 0 aliphatic heterocycles. The van der Waals surface area contributed by atoms with E-state index < -0.39 is 0 Å². The van der Waals surface area contributed by atoms with Crippen molar-refractivity contribution in [3.05, 3.63) is 21.9 Å². The summed E-state index contributed by atoms with van der Waals surface area (Å²) in [7, 11) is 1.49. The number of carbonyl (C=O) groups is 1. The lowest BCUT2D eigenvalue weighted by atomic mass is 9.97. The second-order valence-electron chi connectivity index (χ2n) is 5.12. The molecule has 0 amide bonds. The van der Waals surface area contributed by atoms with Crippen LogP contribution in [-0.4, -0.2) is 13.1 Å². The van der Waals surface area contributed by atoms with Gasteiger partial charge in [-0.15, -0.1) is 11.3 Å². The second kappa shape index (κ2) is 5.87. The first kappa shape index (κ1) is 13.6. The van der Waals surface area contributed by atoms with Crippen molar-refractivity contribution in [2.75, 3.05) is 7.11 Å². The molecular weight excluding hydrogens is 244 g/mol. The normalized spacial score (nSPS) is 23.7. The van der Waals surface area contributed by atoms with Crippen LogP contribution in [0, 0.1) is 11.8 Å². The van der Waals surface area contributed by atoms with Crippen molar-refractivity contribution < 1.29 is 9.53 Å². The molecule has 3 unspecified atom stereocenters. The van der Waals surface area contributed by atoms with Crippen LogP contribution in [0.25, 0.3) is 0 Å². The van der Waals surface area contributed by atoms with Crippen molar-refractivity contribution in [3.63, 3.8) is 0 Å². The number of ether oxygens (including phenoxy) is 1. The van der Waals surface area contributed by atoms with E-state index in [0.29, 0.717) is 11.8 Å². The minimum Gasteiger partial charge on any atom is -0.469 e. The minimum absolute atomic E-state index is 0.0183. The van der Waals surface area contributed by atoms with Gasteiger partial charge in [0.25, 0.3) is 0 Å². The number of aryl methyl sites for hydroxylation is 1. The topological polar surface area (TPSA) is 26.3 Å². The first-order valence-corrected chi connectivity index (χ1v) is 7.67. The maximum absolute atomic E-state index is 11.4. The predicted molar refractivity (Wildman–Crippen MR) is 75.0 cm³/mol. The summed E-state index contributed by atoms with van der Waals surface area (Å²) in [5, 5.41) is 0. The molecule has 1 aromatic rings. The Morgan fingerprint density at radius 1 is 1.50 bits per heavy atom. The zero-order valence-electron chi connectivity index (χ0n) is 11.4. The van der Waals surface area contributed by atoms with E-state index in [2.05, 4.69) is 26.0 Å². The maximum atomic E-state index is 11.4. The smallest absolute Gasteiger partial charge is 0.308 e. The standard InChI is InChI=1S/C15H22O2S/c1-4-10(14-7-6-12(5-2)18-14)8-11-9-13(11)15(16)17-3/h6-7,10-11,13H,4-5,8-9H2,1-3H3. The molecule has 3 heteroatoms. The van der Waals surface area contributed by atoms with Crippen LogP contribution in [-0.2, 0) is 16.0 Å². The molecule has 1 aliphatic rings. The van der Waals surface area contributed by atoms with E-state index in [1.54, 1.807) is 0 Å². The molecule has 0 radical (unpaired) electrons. The van der Waals surface area contributed by atoms with Crippen molar-refractivity contribution in [3.8, 4) is 0 Å². The van der Waals surface area contributed by atoms with E-state index >= 15 is 0 Å². The largest absolute Gasteiger partial charge is 0.469 e. The first-order valence-electron chi connectivity index (χ1n) is 6.86. The Balaban J connectivity index is 1.92. The van der Waals surface area contributed by atoms with Crippen molar-refractivity contribution in [2.24, 2.45) is 11.8 Å². The van der Waals surface area contributed by atoms with Gasteiger partial charge in [-0.1, -0.05) is 13.8 Å². The maximum Gasteiger partial charge on any atom is 0.308 e. The molecule has 1 aromatic heterocycles. The van der Waals surface area contributed by atoms with E-state index in [0.717, 1.165) is 25.7 Å². The summed E-state index contributed by atoms with van der Waals surface area (Å²) < 4.78 is 4.81. The minimum atomic E-state index is -0.0183. The Morgan fingerprint density at radius 2 is 2.28 bits per heavy atom. The zero-order valence-corrected chi connectivity index (χ0v) is 12.3. The van der Waals surface area contributed by atoms with Crippen molar-refractivity contribution in [2.45, 2.75) is 45.4 Å². The monoisotopic (exact) mass is 266 g/mol. The summed E-state index contributed by atoms with van der Waals surface area (Å²) in [6.07, 6.45) is 4.44. The fourth-order valence-corrected chi connectivity index (χ4v) is 3.75. The summed E-state index contributed by atoms with van der Waals surface area (Å²) in [5.41, 5.74) is 0. The molecule has 0 saturated heterocycles. The van der Waals surface area contributed by atoms with Crippen molar-refractivity contribution >= 4 is 17.3 Å². The van der Waals surface area contributed by atoms with Gasteiger partial charge in [-0.2, -0.15) is 0 Å². The van der Waals surface area contributed by atoms with Crippen LogP contribution < -0.4 is 0 Å². The van der Waals surface area contributed by atoms with Crippen LogP contribution in [0.4, 0.5) is 0 Å². The molecule has 2 nitrogen and oxygen atoms in total. The summed E-state index contributed by atoms with van der Waals surface area (Å²) in [4.78, 5) is 14.4.